The molecule has 7 nitrogen and oxygen atoms in total. The summed E-state index contributed by atoms with van der Waals surface area (Å²) in [5.74, 6) is 0.887. The van der Waals surface area contributed by atoms with Crippen molar-refractivity contribution < 1.29 is 9.47 Å². The van der Waals surface area contributed by atoms with Crippen LogP contribution in [-0.2, 0) is 9.47 Å². The normalized spacial score (nSPS) is 14.9. The summed E-state index contributed by atoms with van der Waals surface area (Å²) in [6, 6.07) is 8.11. The molecule has 178 valence electrons. The summed E-state index contributed by atoms with van der Waals surface area (Å²) in [5, 5.41) is 7.58. The van der Waals surface area contributed by atoms with Crippen LogP contribution in [0, 0.1) is 0 Å². The molecule has 0 unspecified atom stereocenters. The van der Waals surface area contributed by atoms with E-state index in [1.54, 1.807) is 7.11 Å². The molecule has 1 aromatic carbocycles. The Morgan fingerprint density at radius 3 is 2.55 bits per heavy atom. The Kier molecular flexibility index (Phi) is 16.1. The average molecular weight is 568 g/mol. The lowest BCUT2D eigenvalue weighted by Crippen LogP contribution is -2.47. The van der Waals surface area contributed by atoms with E-state index in [9.17, 15) is 0 Å². The van der Waals surface area contributed by atoms with Crippen molar-refractivity contribution in [2.45, 2.75) is 19.8 Å². The van der Waals surface area contributed by atoms with Gasteiger partial charge in [-0.2, -0.15) is 0 Å². The molecule has 2 rings (SSSR count). The fourth-order valence-electron chi connectivity index (χ4n) is 3.37. The number of piperazine rings is 1. The molecular weight excluding hydrogens is 529 g/mol. The number of nitrogens with zero attached hydrogens (tertiary/aromatic N) is 3. The fourth-order valence-corrected chi connectivity index (χ4v) is 3.63. The molecule has 0 atom stereocenters. The van der Waals surface area contributed by atoms with Crippen molar-refractivity contribution in [3.05, 3.63) is 29.3 Å². The van der Waals surface area contributed by atoms with Gasteiger partial charge in [0.25, 0.3) is 0 Å². The highest BCUT2D eigenvalue weighted by molar-refractivity contribution is 14.0. The Morgan fingerprint density at radius 1 is 1.06 bits per heavy atom. The van der Waals surface area contributed by atoms with E-state index in [1.165, 1.54) is 0 Å². The van der Waals surface area contributed by atoms with Crippen LogP contribution in [0.3, 0.4) is 0 Å². The zero-order valence-corrected chi connectivity index (χ0v) is 22.0. The molecule has 9 heteroatoms. The lowest BCUT2D eigenvalue weighted by atomic mass is 10.2. The Balaban J connectivity index is 0.00000480. The minimum absolute atomic E-state index is 0. The summed E-state index contributed by atoms with van der Waals surface area (Å²) in [6.45, 7) is 11.9. The Hall–Kier alpha value is -0.810. The minimum Gasteiger partial charge on any atom is -0.382 e. The van der Waals surface area contributed by atoms with Crippen molar-refractivity contribution >= 4 is 47.2 Å². The number of nitrogens with one attached hydrogen (secondary N) is 2. The molecule has 2 N–H and O–H groups in total. The van der Waals surface area contributed by atoms with Crippen LogP contribution in [0.5, 0.6) is 0 Å². The van der Waals surface area contributed by atoms with Crippen LogP contribution in [0.2, 0.25) is 5.02 Å². The van der Waals surface area contributed by atoms with Gasteiger partial charge >= 0.3 is 0 Å². The standard InChI is InChI=1S/C22H38ClN5O2.HI/c1-3-24-22(26-11-7-17-30-19-18-29-2)25-10-6-12-27-13-15-28(16-14-27)21-9-5-4-8-20(21)23;/h4-5,8-9H,3,6-7,10-19H2,1-2H3,(H2,24,25,26);1H. The molecule has 0 aromatic heterocycles. The quantitative estimate of drug-likeness (QED) is 0.165. The molecule has 1 heterocycles. The van der Waals surface area contributed by atoms with E-state index >= 15 is 0 Å². The molecule has 0 aliphatic carbocycles. The third-order valence-corrected chi connectivity index (χ3v) is 5.32. The number of para-hydroxylation sites is 1. The number of aliphatic imine (C=N–C) groups is 1. The molecule has 0 bridgehead atoms. The second-order valence-electron chi connectivity index (χ2n) is 7.28. The highest BCUT2D eigenvalue weighted by atomic mass is 127. The maximum absolute atomic E-state index is 6.33. The predicted molar refractivity (Wildman–Crippen MR) is 141 cm³/mol. The van der Waals surface area contributed by atoms with E-state index in [0.29, 0.717) is 19.8 Å². The highest BCUT2D eigenvalue weighted by Crippen LogP contribution is 2.25. The Bertz CT molecular complexity index is 615. The Labute approximate surface area is 209 Å². The fraction of sp³-hybridized carbons (Fsp3) is 0.682. The highest BCUT2D eigenvalue weighted by Gasteiger charge is 2.18. The van der Waals surface area contributed by atoms with Gasteiger partial charge in [0.2, 0.25) is 0 Å². The smallest absolute Gasteiger partial charge is 0.191 e. The molecule has 0 amide bonds. The third kappa shape index (κ3) is 11.6. The van der Waals surface area contributed by atoms with Crippen molar-refractivity contribution in [3.63, 3.8) is 0 Å². The SMILES string of the molecule is CCNC(=NCCCOCCOC)NCCCN1CCN(c2ccccc2Cl)CC1.I. The maximum atomic E-state index is 6.33. The van der Waals surface area contributed by atoms with Gasteiger partial charge in [-0.3, -0.25) is 9.89 Å². The van der Waals surface area contributed by atoms with Gasteiger partial charge in [0, 0.05) is 59.5 Å². The van der Waals surface area contributed by atoms with Crippen molar-refractivity contribution in [1.82, 2.24) is 15.5 Å². The summed E-state index contributed by atoms with van der Waals surface area (Å²) < 4.78 is 10.4. The van der Waals surface area contributed by atoms with Gasteiger partial charge in [-0.1, -0.05) is 23.7 Å². The van der Waals surface area contributed by atoms with Gasteiger partial charge in [0.05, 0.1) is 23.9 Å². The molecule has 1 aliphatic rings. The molecule has 1 aliphatic heterocycles. The van der Waals surface area contributed by atoms with Crippen molar-refractivity contribution in [1.29, 1.82) is 0 Å². The third-order valence-electron chi connectivity index (χ3n) is 5.00. The number of hydrogen-bond donors (Lipinski definition) is 2. The first-order valence-electron chi connectivity index (χ1n) is 11.0. The molecule has 31 heavy (non-hydrogen) atoms. The van der Waals surface area contributed by atoms with Crippen LogP contribution in [-0.4, -0.2) is 90.1 Å². The topological polar surface area (TPSA) is 61.4 Å². The summed E-state index contributed by atoms with van der Waals surface area (Å²) in [5.41, 5.74) is 1.15. The monoisotopic (exact) mass is 567 g/mol. The van der Waals surface area contributed by atoms with Gasteiger partial charge in [0.15, 0.2) is 5.96 Å². The number of anilines is 1. The number of ether oxygens (including phenoxy) is 2. The van der Waals surface area contributed by atoms with Crippen LogP contribution in [0.15, 0.2) is 29.3 Å². The molecule has 0 spiro atoms. The zero-order valence-electron chi connectivity index (χ0n) is 18.9. The van der Waals surface area contributed by atoms with Crippen molar-refractivity contribution in [2.24, 2.45) is 4.99 Å². The van der Waals surface area contributed by atoms with Gasteiger partial charge < -0.3 is 25.0 Å². The molecule has 1 fully saturated rings. The number of halogens is 2. The number of methoxy groups -OCH3 is 1. The minimum atomic E-state index is 0. The molecule has 1 saturated heterocycles. The largest absolute Gasteiger partial charge is 0.382 e. The Morgan fingerprint density at radius 2 is 1.84 bits per heavy atom. The van der Waals surface area contributed by atoms with Crippen LogP contribution >= 0.6 is 35.6 Å². The van der Waals surface area contributed by atoms with E-state index in [0.717, 1.165) is 81.9 Å². The van der Waals surface area contributed by atoms with E-state index in [-0.39, 0.29) is 24.0 Å². The van der Waals surface area contributed by atoms with Crippen LogP contribution < -0.4 is 15.5 Å². The van der Waals surface area contributed by atoms with Crippen molar-refractivity contribution in [3.8, 4) is 0 Å². The summed E-state index contributed by atoms with van der Waals surface area (Å²) in [6.07, 6.45) is 2.01. The van der Waals surface area contributed by atoms with E-state index in [4.69, 9.17) is 21.1 Å². The first-order valence-corrected chi connectivity index (χ1v) is 11.4. The van der Waals surface area contributed by atoms with E-state index < -0.39 is 0 Å². The number of hydrogen-bond acceptors (Lipinski definition) is 5. The first-order chi connectivity index (χ1) is 14.7. The number of benzene rings is 1. The molecular formula is C22H39ClIN5O2. The van der Waals surface area contributed by atoms with Crippen molar-refractivity contribution in [2.75, 3.05) is 84.2 Å². The van der Waals surface area contributed by atoms with Gasteiger partial charge in [-0.05, 0) is 38.4 Å². The zero-order chi connectivity index (χ0) is 21.4. The lowest BCUT2D eigenvalue weighted by molar-refractivity contribution is 0.0702. The van der Waals surface area contributed by atoms with Gasteiger partial charge in [-0.15, -0.1) is 24.0 Å². The average Bonchev–Trinajstić information content (AvgIpc) is 2.77. The molecule has 0 saturated carbocycles. The maximum Gasteiger partial charge on any atom is 0.191 e. The van der Waals surface area contributed by atoms with Gasteiger partial charge in [0.1, 0.15) is 0 Å². The van der Waals surface area contributed by atoms with Crippen LogP contribution in [0.1, 0.15) is 19.8 Å². The summed E-state index contributed by atoms with van der Waals surface area (Å²) in [4.78, 5) is 9.52. The van der Waals surface area contributed by atoms with Crippen LogP contribution in [0.4, 0.5) is 5.69 Å². The summed E-state index contributed by atoms with van der Waals surface area (Å²) in [7, 11) is 1.68. The number of guanidine groups is 1. The first kappa shape index (κ1) is 28.2. The second-order valence-corrected chi connectivity index (χ2v) is 7.69. The second kappa shape index (κ2) is 17.7. The van der Waals surface area contributed by atoms with Crippen LogP contribution in [0.25, 0.3) is 0 Å². The lowest BCUT2D eigenvalue weighted by Gasteiger charge is -2.36. The van der Waals surface area contributed by atoms with Gasteiger partial charge in [-0.25, -0.2) is 0 Å². The predicted octanol–water partition coefficient (Wildman–Crippen LogP) is 3.08. The number of rotatable bonds is 13. The molecule has 0 radical (unpaired) electrons. The van der Waals surface area contributed by atoms with E-state index in [2.05, 4.69) is 44.5 Å². The van der Waals surface area contributed by atoms with E-state index in [1.807, 2.05) is 12.1 Å². The summed E-state index contributed by atoms with van der Waals surface area (Å²) >= 11 is 6.33. The molecule has 1 aromatic rings.